The van der Waals surface area contributed by atoms with E-state index in [0.29, 0.717) is 0 Å². The summed E-state index contributed by atoms with van der Waals surface area (Å²) in [5, 5.41) is 4.67. The lowest BCUT2D eigenvalue weighted by molar-refractivity contribution is 0.645. The van der Waals surface area contributed by atoms with E-state index >= 15 is 0 Å². The van der Waals surface area contributed by atoms with Crippen LogP contribution in [0.4, 0.5) is 0 Å². The number of rotatable bonds is 0. The van der Waals surface area contributed by atoms with Crippen LogP contribution in [-0.2, 0) is 0 Å². The topological polar surface area (TPSA) is 26.3 Å². The highest BCUT2D eigenvalue weighted by molar-refractivity contribution is 14.1. The summed E-state index contributed by atoms with van der Waals surface area (Å²) in [6.45, 7) is 0. The molecule has 0 N–H and O–H groups in total. The molecule has 3 heteroatoms. The molecule has 0 atom stereocenters. The third kappa shape index (κ3) is 1.39. The molecule has 2 nitrogen and oxygen atoms in total. The van der Waals surface area contributed by atoms with E-state index in [-0.39, 0.29) is 0 Å². The Labute approximate surface area is 144 Å². The first-order valence-electron chi connectivity index (χ1n) is 7.48. The summed E-state index contributed by atoms with van der Waals surface area (Å²) in [6, 6.07) is 18.8. The zero-order valence-electron chi connectivity index (χ0n) is 11.9. The lowest BCUT2D eigenvalue weighted by Gasteiger charge is -2.19. The van der Waals surface area contributed by atoms with Crippen LogP contribution in [0.1, 0.15) is 0 Å². The molecule has 6 rings (SSSR count). The van der Waals surface area contributed by atoms with Crippen LogP contribution in [0.25, 0.3) is 55.0 Å². The molecule has 2 heterocycles. The van der Waals surface area contributed by atoms with E-state index in [1.165, 1.54) is 21.9 Å². The summed E-state index contributed by atoms with van der Waals surface area (Å²) in [7, 11) is 0. The first-order chi connectivity index (χ1) is 11.3. The third-order valence-electron chi connectivity index (χ3n) is 4.70. The van der Waals surface area contributed by atoms with E-state index in [1.54, 1.807) is 0 Å². The summed E-state index contributed by atoms with van der Waals surface area (Å²) in [4.78, 5) is 0. The minimum Gasteiger partial charge on any atom is -0.456 e. The van der Waals surface area contributed by atoms with Crippen molar-refractivity contribution in [1.29, 1.82) is 0 Å². The second kappa shape index (κ2) is 3.97. The van der Waals surface area contributed by atoms with Crippen molar-refractivity contribution in [3.63, 3.8) is 0 Å². The van der Waals surface area contributed by atoms with E-state index in [9.17, 15) is 0 Å². The Kier molecular flexibility index (Phi) is 2.11. The minimum absolute atomic E-state index is 0.906. The first kappa shape index (κ1) is 12.2. The molecule has 0 aromatic heterocycles. The van der Waals surface area contributed by atoms with Gasteiger partial charge in [-0.25, -0.2) is 0 Å². The molecule has 0 radical (unpaired) electrons. The van der Waals surface area contributed by atoms with Gasteiger partial charge >= 0.3 is 0 Å². The van der Waals surface area contributed by atoms with Crippen molar-refractivity contribution in [3.8, 4) is 11.1 Å². The van der Waals surface area contributed by atoms with Gasteiger partial charge in [0.1, 0.15) is 22.3 Å². The van der Waals surface area contributed by atoms with Crippen molar-refractivity contribution in [2.45, 2.75) is 0 Å². The normalized spacial score (nSPS) is 12.6. The molecule has 108 valence electrons. The molecule has 0 saturated heterocycles. The minimum atomic E-state index is 0.906. The monoisotopic (exact) mass is 408 g/mol. The van der Waals surface area contributed by atoms with E-state index in [4.69, 9.17) is 8.83 Å². The van der Waals surface area contributed by atoms with Gasteiger partial charge in [-0.05, 0) is 57.6 Å². The van der Waals surface area contributed by atoms with Crippen molar-refractivity contribution in [2.75, 3.05) is 0 Å². The fourth-order valence-electron chi connectivity index (χ4n) is 3.75. The van der Waals surface area contributed by atoms with Gasteiger partial charge in [0.2, 0.25) is 0 Å². The van der Waals surface area contributed by atoms with E-state index < -0.39 is 0 Å². The maximum atomic E-state index is 6.31. The molecule has 0 unspecified atom stereocenters. The quantitative estimate of drug-likeness (QED) is 0.160. The Morgan fingerprint density at radius 2 is 1.30 bits per heavy atom. The molecule has 0 aliphatic carbocycles. The molecule has 0 spiro atoms. The van der Waals surface area contributed by atoms with Gasteiger partial charge in [0.05, 0.1) is 3.57 Å². The highest BCUT2D eigenvalue weighted by Gasteiger charge is 2.24. The van der Waals surface area contributed by atoms with Gasteiger partial charge in [-0.2, -0.15) is 0 Å². The SMILES string of the molecule is Ic1ccc2ccc3oc4cccc5ccc6oc1c2c3-c6c54. The first-order valence-corrected chi connectivity index (χ1v) is 8.56. The highest BCUT2D eigenvalue weighted by Crippen LogP contribution is 2.48. The average Bonchev–Trinajstić information content (AvgIpc) is 2.59. The van der Waals surface area contributed by atoms with Crippen LogP contribution in [0.2, 0.25) is 0 Å². The number of hydrogen-bond donors (Lipinski definition) is 0. The van der Waals surface area contributed by atoms with Crippen molar-refractivity contribution >= 4 is 66.5 Å². The van der Waals surface area contributed by atoms with Gasteiger partial charge in [0, 0.05) is 21.9 Å². The Morgan fingerprint density at radius 1 is 0.609 bits per heavy atom. The van der Waals surface area contributed by atoms with Crippen LogP contribution in [0.3, 0.4) is 0 Å². The largest absolute Gasteiger partial charge is 0.456 e. The van der Waals surface area contributed by atoms with Crippen LogP contribution in [0, 0.1) is 3.57 Å². The Balaban J connectivity index is 2.09. The van der Waals surface area contributed by atoms with Crippen molar-refractivity contribution in [2.24, 2.45) is 0 Å². The molecule has 4 aromatic carbocycles. The van der Waals surface area contributed by atoms with Gasteiger partial charge < -0.3 is 8.83 Å². The van der Waals surface area contributed by atoms with E-state index in [0.717, 1.165) is 36.7 Å². The molecule has 2 aliphatic rings. The molecule has 0 fully saturated rings. The van der Waals surface area contributed by atoms with Crippen molar-refractivity contribution in [3.05, 3.63) is 58.2 Å². The molecule has 23 heavy (non-hydrogen) atoms. The fraction of sp³-hybridized carbons (Fsp3) is 0. The van der Waals surface area contributed by atoms with Crippen LogP contribution in [0.5, 0.6) is 0 Å². The van der Waals surface area contributed by atoms with Crippen molar-refractivity contribution in [1.82, 2.24) is 0 Å². The van der Waals surface area contributed by atoms with E-state index in [2.05, 4.69) is 65.1 Å². The summed E-state index contributed by atoms with van der Waals surface area (Å²) < 4.78 is 13.6. The molecule has 0 bridgehead atoms. The maximum Gasteiger partial charge on any atom is 0.149 e. The second-order valence-electron chi connectivity index (χ2n) is 5.91. The molecule has 0 saturated carbocycles. The summed E-state index contributed by atoms with van der Waals surface area (Å²) in [5.74, 6) is 0. The number of hydrogen-bond acceptors (Lipinski definition) is 2. The summed E-state index contributed by atoms with van der Waals surface area (Å²) >= 11 is 2.34. The summed E-state index contributed by atoms with van der Waals surface area (Å²) in [6.07, 6.45) is 0. The van der Waals surface area contributed by atoms with Gasteiger partial charge in [-0.3, -0.25) is 0 Å². The maximum absolute atomic E-state index is 6.31. The van der Waals surface area contributed by atoms with Gasteiger partial charge in [-0.15, -0.1) is 0 Å². The smallest absolute Gasteiger partial charge is 0.149 e. The van der Waals surface area contributed by atoms with Crippen LogP contribution in [0.15, 0.2) is 63.4 Å². The van der Waals surface area contributed by atoms with Crippen LogP contribution in [-0.4, -0.2) is 0 Å². The molecule has 0 amide bonds. The predicted octanol–water partition coefficient (Wildman–Crippen LogP) is 6.63. The Hall–Kier alpha value is -2.27. The van der Waals surface area contributed by atoms with Gasteiger partial charge in [0.15, 0.2) is 0 Å². The fourth-order valence-corrected chi connectivity index (χ4v) is 4.31. The molecular weight excluding hydrogens is 399 g/mol. The Bertz CT molecular complexity index is 1320. The van der Waals surface area contributed by atoms with E-state index in [1.807, 2.05) is 12.1 Å². The lowest BCUT2D eigenvalue weighted by Crippen LogP contribution is -1.95. The number of benzene rings is 4. The second-order valence-corrected chi connectivity index (χ2v) is 7.07. The van der Waals surface area contributed by atoms with Crippen LogP contribution < -0.4 is 0 Å². The van der Waals surface area contributed by atoms with Gasteiger partial charge in [-0.1, -0.05) is 30.3 Å². The zero-order chi connectivity index (χ0) is 15.1. The third-order valence-corrected chi connectivity index (χ3v) is 5.55. The molecule has 4 aromatic rings. The average molecular weight is 408 g/mol. The van der Waals surface area contributed by atoms with Gasteiger partial charge in [0.25, 0.3) is 0 Å². The molecule has 2 aliphatic heterocycles. The zero-order valence-corrected chi connectivity index (χ0v) is 14.0. The van der Waals surface area contributed by atoms with Crippen LogP contribution >= 0.6 is 22.6 Å². The lowest BCUT2D eigenvalue weighted by atomic mass is 9.90. The number of halogens is 1. The highest BCUT2D eigenvalue weighted by atomic mass is 127. The predicted molar refractivity (Wildman–Crippen MR) is 102 cm³/mol. The standard InChI is InChI=1S/C20H9IO2/c21-12-7-4-11-6-8-14-19-17(11)20(12)23-15-9-5-10-2-1-3-13(22-14)16(10)18(15)19/h1-9H. The Morgan fingerprint density at radius 3 is 2.17 bits per heavy atom. The summed E-state index contributed by atoms with van der Waals surface area (Å²) in [5.41, 5.74) is 6.01. The molecular formula is C20H9IO2. The van der Waals surface area contributed by atoms with Crippen molar-refractivity contribution < 1.29 is 8.83 Å².